The first kappa shape index (κ1) is 7.51. The first-order chi connectivity index (χ1) is 4.61. The molecule has 2 heteroatoms. The van der Waals surface area contributed by atoms with E-state index < -0.39 is 12.2 Å². The Morgan fingerprint density at radius 3 is 2.40 bits per heavy atom. The summed E-state index contributed by atoms with van der Waals surface area (Å²) in [6.07, 6.45) is -0.0717. The minimum atomic E-state index is -0.587. The van der Waals surface area contributed by atoms with Crippen molar-refractivity contribution in [3.05, 3.63) is 24.3 Å². The summed E-state index contributed by atoms with van der Waals surface area (Å²) in [5.74, 6) is 0. The number of aliphatic hydroxyl groups is 2. The monoisotopic (exact) mass is 140 g/mol. The third-order valence-corrected chi connectivity index (χ3v) is 1.83. The Morgan fingerprint density at radius 1 is 1.30 bits per heavy atom. The smallest absolute Gasteiger partial charge is 0.0811 e. The maximum atomic E-state index is 9.20. The van der Waals surface area contributed by atoms with E-state index in [9.17, 15) is 5.11 Å². The van der Waals surface area contributed by atoms with Gasteiger partial charge in [-0.2, -0.15) is 0 Å². The Kier molecular flexibility index (Phi) is 1.92. The minimum Gasteiger partial charge on any atom is -0.393 e. The Morgan fingerprint density at radius 2 is 1.90 bits per heavy atom. The maximum absolute atomic E-state index is 9.20. The van der Waals surface area contributed by atoms with Gasteiger partial charge in [-0.3, -0.25) is 0 Å². The van der Waals surface area contributed by atoms with Crippen LogP contribution in [0.3, 0.4) is 0 Å². The van der Waals surface area contributed by atoms with Gasteiger partial charge in [0.25, 0.3) is 0 Å². The van der Waals surface area contributed by atoms with Crippen LogP contribution in [0.1, 0.15) is 12.8 Å². The molecule has 0 amide bonds. The van der Waals surface area contributed by atoms with Crippen LogP contribution in [-0.2, 0) is 0 Å². The van der Waals surface area contributed by atoms with Gasteiger partial charge in [0.05, 0.1) is 12.2 Å². The normalized spacial score (nSPS) is 34.6. The van der Waals surface area contributed by atoms with E-state index in [0.717, 1.165) is 5.57 Å². The lowest BCUT2D eigenvalue weighted by Gasteiger charge is -2.25. The average Bonchev–Trinajstić information content (AvgIpc) is 1.82. The van der Waals surface area contributed by atoms with Gasteiger partial charge in [0.2, 0.25) is 0 Å². The average molecular weight is 140 g/mol. The quantitative estimate of drug-likeness (QED) is 0.517. The Bertz CT molecular complexity index is 172. The molecule has 1 aliphatic carbocycles. The van der Waals surface area contributed by atoms with Crippen LogP contribution in [0.2, 0.25) is 0 Å². The fourth-order valence-corrected chi connectivity index (χ4v) is 1.13. The second kappa shape index (κ2) is 2.56. The summed E-state index contributed by atoms with van der Waals surface area (Å²) in [4.78, 5) is 0. The first-order valence-corrected chi connectivity index (χ1v) is 3.34. The molecule has 1 rings (SSSR count). The van der Waals surface area contributed by atoms with Gasteiger partial charge in [-0.05, 0) is 17.6 Å². The van der Waals surface area contributed by atoms with Gasteiger partial charge in [-0.15, -0.1) is 0 Å². The van der Waals surface area contributed by atoms with Crippen molar-refractivity contribution in [2.75, 3.05) is 0 Å². The van der Waals surface area contributed by atoms with E-state index in [1.807, 2.05) is 0 Å². The number of hydrogen-bond acceptors (Lipinski definition) is 2. The van der Waals surface area contributed by atoms with Crippen LogP contribution in [0.5, 0.6) is 0 Å². The molecule has 2 N–H and O–H groups in total. The Hall–Kier alpha value is -0.600. The second-order valence-electron chi connectivity index (χ2n) is 2.74. The van der Waals surface area contributed by atoms with Gasteiger partial charge in [0.15, 0.2) is 0 Å². The summed E-state index contributed by atoms with van der Waals surface area (Å²) in [5, 5.41) is 18.3. The first-order valence-electron chi connectivity index (χ1n) is 3.34. The molecule has 0 spiro atoms. The summed E-state index contributed by atoms with van der Waals surface area (Å²) >= 11 is 0. The molecule has 0 aromatic rings. The molecule has 0 aliphatic heterocycles. The second-order valence-corrected chi connectivity index (χ2v) is 2.74. The van der Waals surface area contributed by atoms with E-state index in [1.54, 1.807) is 0 Å². The molecule has 1 fully saturated rings. The number of aliphatic hydroxyl groups excluding tert-OH is 2. The topological polar surface area (TPSA) is 40.5 Å². The lowest BCUT2D eigenvalue weighted by Crippen LogP contribution is -2.26. The van der Waals surface area contributed by atoms with Gasteiger partial charge in [0, 0.05) is 6.42 Å². The van der Waals surface area contributed by atoms with Crippen molar-refractivity contribution in [1.82, 2.24) is 0 Å². The minimum absolute atomic E-state index is 0.401. The van der Waals surface area contributed by atoms with Gasteiger partial charge in [-0.1, -0.05) is 13.2 Å². The Labute approximate surface area is 60.5 Å². The maximum Gasteiger partial charge on any atom is 0.0811 e. The van der Waals surface area contributed by atoms with Crippen molar-refractivity contribution in [2.45, 2.75) is 25.0 Å². The molecule has 0 aromatic heterocycles. The highest BCUT2D eigenvalue weighted by Crippen LogP contribution is 2.26. The molecule has 1 saturated carbocycles. The summed E-state index contributed by atoms with van der Waals surface area (Å²) < 4.78 is 0. The molecular weight excluding hydrogens is 128 g/mol. The molecule has 56 valence electrons. The van der Waals surface area contributed by atoms with Gasteiger partial charge in [-0.25, -0.2) is 0 Å². The van der Waals surface area contributed by atoms with Crippen molar-refractivity contribution >= 4 is 0 Å². The van der Waals surface area contributed by atoms with Crippen molar-refractivity contribution < 1.29 is 10.2 Å². The zero-order chi connectivity index (χ0) is 7.72. The Balaban J connectivity index is 2.66. The fraction of sp³-hybridized carbons (Fsp3) is 0.500. The van der Waals surface area contributed by atoms with Crippen molar-refractivity contribution in [3.63, 3.8) is 0 Å². The summed E-state index contributed by atoms with van der Waals surface area (Å²) in [6.45, 7) is 7.33. The van der Waals surface area contributed by atoms with E-state index in [0.29, 0.717) is 18.4 Å². The molecule has 0 unspecified atom stereocenters. The predicted octanol–water partition coefficient (Wildman–Crippen LogP) is 0.614. The van der Waals surface area contributed by atoms with E-state index in [-0.39, 0.29) is 0 Å². The molecular formula is C8H12O2. The zero-order valence-electron chi connectivity index (χ0n) is 5.88. The molecule has 1 aliphatic rings. The SMILES string of the molecule is C=C1C[C@@H](O)C[C@H](O)C1=C. The third kappa shape index (κ3) is 1.28. The van der Waals surface area contributed by atoms with E-state index in [4.69, 9.17) is 5.11 Å². The molecule has 0 heterocycles. The van der Waals surface area contributed by atoms with E-state index >= 15 is 0 Å². The molecule has 0 saturated heterocycles. The lowest BCUT2D eigenvalue weighted by atomic mass is 9.87. The van der Waals surface area contributed by atoms with Crippen LogP contribution in [0.25, 0.3) is 0 Å². The standard InChI is InChI=1S/C8H12O2/c1-5-3-7(9)4-8(10)6(5)2/h7-10H,1-4H2/t7-,8+/m1/s1. The van der Waals surface area contributed by atoms with Crippen molar-refractivity contribution in [1.29, 1.82) is 0 Å². The van der Waals surface area contributed by atoms with Crippen LogP contribution in [0.15, 0.2) is 24.3 Å². The van der Waals surface area contributed by atoms with Crippen LogP contribution in [-0.4, -0.2) is 22.4 Å². The van der Waals surface area contributed by atoms with Crippen LogP contribution in [0.4, 0.5) is 0 Å². The molecule has 2 nitrogen and oxygen atoms in total. The third-order valence-electron chi connectivity index (χ3n) is 1.83. The van der Waals surface area contributed by atoms with Crippen LogP contribution < -0.4 is 0 Å². The van der Waals surface area contributed by atoms with E-state index in [1.165, 1.54) is 0 Å². The predicted molar refractivity (Wildman–Crippen MR) is 39.5 cm³/mol. The largest absolute Gasteiger partial charge is 0.393 e. The number of hydrogen-bond donors (Lipinski definition) is 2. The highest BCUT2D eigenvalue weighted by Gasteiger charge is 2.23. The van der Waals surface area contributed by atoms with Crippen molar-refractivity contribution in [2.24, 2.45) is 0 Å². The fourth-order valence-electron chi connectivity index (χ4n) is 1.13. The molecule has 0 bridgehead atoms. The molecule has 0 radical (unpaired) electrons. The van der Waals surface area contributed by atoms with E-state index in [2.05, 4.69) is 13.2 Å². The van der Waals surface area contributed by atoms with Crippen LogP contribution in [0, 0.1) is 0 Å². The summed E-state index contributed by atoms with van der Waals surface area (Å²) in [7, 11) is 0. The van der Waals surface area contributed by atoms with Gasteiger partial charge >= 0.3 is 0 Å². The van der Waals surface area contributed by atoms with Crippen LogP contribution >= 0.6 is 0 Å². The van der Waals surface area contributed by atoms with Gasteiger partial charge in [0.1, 0.15) is 0 Å². The number of rotatable bonds is 0. The molecule has 10 heavy (non-hydrogen) atoms. The molecule has 2 atom stereocenters. The zero-order valence-corrected chi connectivity index (χ0v) is 5.88. The highest BCUT2D eigenvalue weighted by atomic mass is 16.3. The highest BCUT2D eigenvalue weighted by molar-refractivity contribution is 5.31. The summed E-state index contributed by atoms with van der Waals surface area (Å²) in [6, 6.07) is 0. The molecule has 0 aromatic carbocycles. The summed E-state index contributed by atoms with van der Waals surface area (Å²) in [5.41, 5.74) is 1.44. The van der Waals surface area contributed by atoms with Crippen molar-refractivity contribution in [3.8, 4) is 0 Å². The lowest BCUT2D eigenvalue weighted by molar-refractivity contribution is 0.0864. The van der Waals surface area contributed by atoms with Gasteiger partial charge < -0.3 is 10.2 Å².